The maximum Gasteiger partial charge on any atom is 0.271 e. The molecule has 1 aliphatic heterocycles. The third-order valence-corrected chi connectivity index (χ3v) is 6.32. The number of carbonyl (C=O) groups excluding carboxylic acids is 1. The molecule has 37 heavy (non-hydrogen) atoms. The van der Waals surface area contributed by atoms with Gasteiger partial charge in [-0.05, 0) is 61.1 Å². The van der Waals surface area contributed by atoms with Gasteiger partial charge in [-0.2, -0.15) is 5.10 Å². The largest absolute Gasteiger partial charge is 0.393 e. The van der Waals surface area contributed by atoms with E-state index in [1.54, 1.807) is 19.2 Å². The molecule has 2 fully saturated rings. The topological polar surface area (TPSA) is 93.4 Å². The quantitative estimate of drug-likeness (QED) is 0.250. The van der Waals surface area contributed by atoms with Crippen LogP contribution in [0.15, 0.2) is 97.0 Å². The molecule has 0 spiro atoms. The van der Waals surface area contributed by atoms with Crippen molar-refractivity contribution in [3.8, 4) is 5.69 Å². The molecule has 1 saturated heterocycles. The van der Waals surface area contributed by atoms with E-state index in [0.29, 0.717) is 0 Å². The van der Waals surface area contributed by atoms with Crippen molar-refractivity contribution in [2.45, 2.75) is 13.3 Å². The number of benzene rings is 3. The molecule has 192 valence electrons. The fourth-order valence-electron chi connectivity index (χ4n) is 4.32. The molecular weight excluding hydrogens is 467 g/mol. The molecule has 1 aromatic heterocycles. The Morgan fingerprint density at radius 1 is 1.03 bits per heavy atom. The van der Waals surface area contributed by atoms with Gasteiger partial charge in [-0.15, -0.1) is 0 Å². The van der Waals surface area contributed by atoms with Crippen LogP contribution in [0.2, 0.25) is 0 Å². The Bertz CT molecular complexity index is 1310. The van der Waals surface area contributed by atoms with Crippen LogP contribution in [-0.4, -0.2) is 45.7 Å². The summed E-state index contributed by atoms with van der Waals surface area (Å²) in [6, 6.07) is 24.5. The molecule has 0 radical (unpaired) electrons. The molecule has 8 heteroatoms. The number of likely N-dealkylation sites (tertiary alicyclic amines) is 1. The Morgan fingerprint density at radius 2 is 1.62 bits per heavy atom. The minimum Gasteiger partial charge on any atom is -0.393 e. The van der Waals surface area contributed by atoms with E-state index in [2.05, 4.69) is 17.2 Å². The van der Waals surface area contributed by atoms with E-state index in [1.165, 1.54) is 35.3 Å². The molecule has 2 unspecified atom stereocenters. The maximum absolute atomic E-state index is 12.9. The van der Waals surface area contributed by atoms with Gasteiger partial charge in [-0.3, -0.25) is 4.79 Å². The van der Waals surface area contributed by atoms with Crippen LogP contribution < -0.4 is 11.6 Å². The van der Waals surface area contributed by atoms with Crippen LogP contribution in [-0.2, 0) is 4.79 Å². The highest BCUT2D eigenvalue weighted by Gasteiger charge is 2.46. The van der Waals surface area contributed by atoms with Gasteiger partial charge in [0.05, 0.1) is 17.4 Å². The second-order valence-electron chi connectivity index (χ2n) is 9.47. The molecule has 0 bridgehead atoms. The van der Waals surface area contributed by atoms with Crippen molar-refractivity contribution in [2.24, 2.45) is 23.4 Å². The molecule has 2 heterocycles. The summed E-state index contributed by atoms with van der Waals surface area (Å²) in [5, 5.41) is 6.71. The highest BCUT2D eigenvalue weighted by molar-refractivity contribution is 5.92. The van der Waals surface area contributed by atoms with E-state index in [1.807, 2.05) is 65.2 Å². The van der Waals surface area contributed by atoms with E-state index in [0.717, 1.165) is 41.5 Å². The first-order valence-corrected chi connectivity index (χ1v) is 12.3. The van der Waals surface area contributed by atoms with Crippen LogP contribution in [0, 0.1) is 24.6 Å². The molecule has 6 rings (SSSR count). The fraction of sp³-hybridized carbons (Fsp3) is 0.241. The van der Waals surface area contributed by atoms with Crippen LogP contribution in [0.25, 0.3) is 16.6 Å². The average molecular weight is 501 g/mol. The van der Waals surface area contributed by atoms with Gasteiger partial charge in [-0.1, -0.05) is 48.5 Å². The van der Waals surface area contributed by atoms with Crippen molar-refractivity contribution < 1.29 is 9.18 Å². The number of aromatic nitrogens is 2. The zero-order valence-electron chi connectivity index (χ0n) is 21.2. The molecule has 2 aliphatic rings. The number of hydrogen-bond donors (Lipinski definition) is 2. The van der Waals surface area contributed by atoms with Crippen molar-refractivity contribution in [1.82, 2.24) is 19.7 Å². The number of hydrogen-bond acceptors (Lipinski definition) is 5. The van der Waals surface area contributed by atoms with Crippen molar-refractivity contribution in [1.29, 1.82) is 0 Å². The zero-order valence-corrected chi connectivity index (χ0v) is 21.2. The Morgan fingerprint density at radius 3 is 2.19 bits per heavy atom. The van der Waals surface area contributed by atoms with Gasteiger partial charge in [0.2, 0.25) is 0 Å². The summed E-state index contributed by atoms with van der Waals surface area (Å²) in [5.41, 5.74) is 8.91. The van der Waals surface area contributed by atoms with Gasteiger partial charge in [0.15, 0.2) is 0 Å². The van der Waals surface area contributed by atoms with E-state index >= 15 is 0 Å². The van der Waals surface area contributed by atoms with Gasteiger partial charge in [0, 0.05) is 31.7 Å². The van der Waals surface area contributed by atoms with Gasteiger partial charge in [-0.25, -0.2) is 14.9 Å². The second kappa shape index (κ2) is 11.7. The summed E-state index contributed by atoms with van der Waals surface area (Å²) in [5.74, 6) is 6.53. The molecule has 4 aromatic rings. The standard InChI is InChI=1S/C14H11FN2.C9H16N4O.C6H6/c1-10-2-3-11-9-16-17(14(11)8-10)13-6-4-12(15)5-7-13;1-12(11)5-8(10)9(14)13-3-6-2-7(6)4-13;1-2-4-6-5-3-1/h2-9H,1H3;5-7H,2-4,10-11H2,1H3;1-6H/b;8-5-;. The van der Waals surface area contributed by atoms with E-state index < -0.39 is 0 Å². The number of piperidine rings is 1. The van der Waals surface area contributed by atoms with Crippen LogP contribution in [0.3, 0.4) is 0 Å². The molecule has 1 aliphatic carbocycles. The van der Waals surface area contributed by atoms with Gasteiger partial charge < -0.3 is 15.6 Å². The molecule has 1 saturated carbocycles. The first-order valence-electron chi connectivity index (χ1n) is 12.3. The Balaban J connectivity index is 0.000000144. The molecule has 1 amide bonds. The van der Waals surface area contributed by atoms with Crippen molar-refractivity contribution in [3.63, 3.8) is 0 Å². The van der Waals surface area contributed by atoms with Crippen molar-refractivity contribution in [3.05, 3.63) is 108 Å². The summed E-state index contributed by atoms with van der Waals surface area (Å²) in [7, 11) is 1.64. The second-order valence-corrected chi connectivity index (χ2v) is 9.47. The molecule has 4 N–H and O–H groups in total. The van der Waals surface area contributed by atoms with E-state index in [-0.39, 0.29) is 17.4 Å². The zero-order chi connectivity index (χ0) is 26.4. The molecule has 2 atom stereocenters. The maximum atomic E-state index is 12.9. The summed E-state index contributed by atoms with van der Waals surface area (Å²) in [6.45, 7) is 3.78. The fourth-order valence-corrected chi connectivity index (χ4v) is 4.32. The summed E-state index contributed by atoms with van der Waals surface area (Å²) >= 11 is 0. The average Bonchev–Trinajstić information content (AvgIpc) is 3.30. The lowest BCUT2D eigenvalue weighted by Crippen LogP contribution is -2.35. The lowest BCUT2D eigenvalue weighted by atomic mass is 10.2. The smallest absolute Gasteiger partial charge is 0.271 e. The van der Waals surface area contributed by atoms with Crippen LogP contribution in [0.1, 0.15) is 12.0 Å². The number of amides is 1. The SMILES string of the molecule is CN(N)/C=C(\N)C(=O)N1CC2CC2C1.Cc1ccc2cnn(-c3ccc(F)cc3)c2c1.c1ccccc1. The minimum absolute atomic E-state index is 0.0884. The third-order valence-electron chi connectivity index (χ3n) is 6.32. The minimum atomic E-state index is -0.235. The first kappa shape index (κ1) is 25.9. The van der Waals surface area contributed by atoms with Crippen LogP contribution >= 0.6 is 0 Å². The Hall–Kier alpha value is -4.17. The summed E-state index contributed by atoms with van der Waals surface area (Å²) < 4.78 is 14.7. The Labute approximate surface area is 216 Å². The predicted molar refractivity (Wildman–Crippen MR) is 145 cm³/mol. The number of halogens is 1. The van der Waals surface area contributed by atoms with E-state index in [9.17, 15) is 9.18 Å². The molecule has 3 aromatic carbocycles. The molecule has 7 nitrogen and oxygen atoms in total. The lowest BCUT2D eigenvalue weighted by molar-refractivity contribution is -0.126. The number of rotatable bonds is 3. The van der Waals surface area contributed by atoms with Crippen LogP contribution in [0.5, 0.6) is 0 Å². The predicted octanol–water partition coefficient (Wildman–Crippen LogP) is 4.23. The number of carbonyl (C=O) groups is 1. The monoisotopic (exact) mass is 500 g/mol. The van der Waals surface area contributed by atoms with E-state index in [4.69, 9.17) is 11.6 Å². The van der Waals surface area contributed by atoms with Crippen molar-refractivity contribution in [2.75, 3.05) is 20.1 Å². The number of nitrogens with two attached hydrogens (primary N) is 2. The van der Waals surface area contributed by atoms with Crippen LogP contribution in [0.4, 0.5) is 4.39 Å². The van der Waals surface area contributed by atoms with Gasteiger partial charge in [0.1, 0.15) is 11.5 Å². The number of fused-ring (bicyclic) bond motifs is 2. The van der Waals surface area contributed by atoms with Gasteiger partial charge in [0.25, 0.3) is 5.91 Å². The lowest BCUT2D eigenvalue weighted by Gasteiger charge is -2.18. The summed E-state index contributed by atoms with van der Waals surface area (Å²) in [4.78, 5) is 13.5. The normalized spacial score (nSPS) is 17.7. The first-order chi connectivity index (χ1) is 17.8. The number of aryl methyl sites for hydroxylation is 1. The van der Waals surface area contributed by atoms with Crippen molar-refractivity contribution >= 4 is 16.8 Å². The third kappa shape index (κ3) is 6.95. The highest BCUT2D eigenvalue weighted by Crippen LogP contribution is 2.45. The molecular formula is C29H33FN6O. The van der Waals surface area contributed by atoms with Gasteiger partial charge >= 0.3 is 0 Å². The Kier molecular flexibility index (Phi) is 8.20. The highest BCUT2D eigenvalue weighted by atomic mass is 19.1. The number of nitrogens with zero attached hydrogens (tertiary/aromatic N) is 4. The summed E-state index contributed by atoms with van der Waals surface area (Å²) in [6.07, 6.45) is 4.55. The number of hydrazine groups is 1.